The summed E-state index contributed by atoms with van der Waals surface area (Å²) in [6.45, 7) is 4.21. The molecule has 22 heavy (non-hydrogen) atoms. The van der Waals surface area contributed by atoms with E-state index in [4.69, 9.17) is 9.47 Å². The quantitative estimate of drug-likeness (QED) is 0.902. The predicted molar refractivity (Wildman–Crippen MR) is 79.3 cm³/mol. The number of nitrogens with zero attached hydrogens (tertiary/aromatic N) is 1. The minimum atomic E-state index is -0.955. The SMILES string of the molecule is CC(C)OC1CN(C(=O)OCc2ccccc2)C[C@@H]1C(=O)O. The van der Waals surface area contributed by atoms with Crippen molar-refractivity contribution in [1.82, 2.24) is 4.90 Å². The second-order valence-electron chi connectivity index (χ2n) is 5.61. The van der Waals surface area contributed by atoms with Crippen LogP contribution < -0.4 is 0 Å². The number of hydrogen-bond acceptors (Lipinski definition) is 4. The van der Waals surface area contributed by atoms with E-state index >= 15 is 0 Å². The second-order valence-corrected chi connectivity index (χ2v) is 5.61. The van der Waals surface area contributed by atoms with E-state index in [0.717, 1.165) is 5.56 Å². The molecule has 1 aliphatic heterocycles. The van der Waals surface area contributed by atoms with Crippen molar-refractivity contribution in [3.63, 3.8) is 0 Å². The summed E-state index contributed by atoms with van der Waals surface area (Å²) < 4.78 is 10.8. The average molecular weight is 307 g/mol. The average Bonchev–Trinajstić information content (AvgIpc) is 2.89. The number of likely N-dealkylation sites (tertiary alicyclic amines) is 1. The Hall–Kier alpha value is -2.08. The fraction of sp³-hybridized carbons (Fsp3) is 0.500. The highest BCUT2D eigenvalue weighted by Crippen LogP contribution is 2.22. The van der Waals surface area contributed by atoms with Crippen LogP contribution in [0.1, 0.15) is 19.4 Å². The summed E-state index contributed by atoms with van der Waals surface area (Å²) >= 11 is 0. The Morgan fingerprint density at radius 3 is 2.55 bits per heavy atom. The molecule has 6 nitrogen and oxygen atoms in total. The van der Waals surface area contributed by atoms with Gasteiger partial charge in [0.05, 0.1) is 18.8 Å². The minimum Gasteiger partial charge on any atom is -0.481 e. The molecule has 1 heterocycles. The Labute approximate surface area is 129 Å². The molecule has 0 bridgehead atoms. The predicted octanol–water partition coefficient (Wildman–Crippen LogP) is 2.13. The van der Waals surface area contributed by atoms with Gasteiger partial charge in [-0.15, -0.1) is 0 Å². The van der Waals surface area contributed by atoms with Gasteiger partial charge in [-0.2, -0.15) is 0 Å². The van der Waals surface area contributed by atoms with Crippen molar-refractivity contribution in [2.24, 2.45) is 5.92 Å². The number of hydrogen-bond donors (Lipinski definition) is 1. The molecule has 0 aliphatic carbocycles. The molecule has 0 aromatic heterocycles. The molecule has 1 aromatic rings. The van der Waals surface area contributed by atoms with Crippen LogP contribution in [0.25, 0.3) is 0 Å². The first-order valence-electron chi connectivity index (χ1n) is 7.31. The van der Waals surface area contributed by atoms with Gasteiger partial charge >= 0.3 is 12.1 Å². The van der Waals surface area contributed by atoms with Crippen LogP contribution in [0.4, 0.5) is 4.79 Å². The number of ether oxygens (including phenoxy) is 2. The smallest absolute Gasteiger partial charge is 0.410 e. The van der Waals surface area contributed by atoms with Gasteiger partial charge in [-0.05, 0) is 19.4 Å². The van der Waals surface area contributed by atoms with Crippen LogP contribution in [0.5, 0.6) is 0 Å². The summed E-state index contributed by atoms with van der Waals surface area (Å²) in [5, 5.41) is 9.25. The van der Waals surface area contributed by atoms with Crippen LogP contribution in [0.15, 0.2) is 30.3 Å². The Bertz CT molecular complexity index is 517. The first kappa shape index (κ1) is 16.3. The van der Waals surface area contributed by atoms with Gasteiger partial charge in [-0.1, -0.05) is 30.3 Å². The van der Waals surface area contributed by atoms with E-state index in [1.807, 2.05) is 44.2 Å². The molecule has 1 aliphatic rings. The van der Waals surface area contributed by atoms with Crippen LogP contribution >= 0.6 is 0 Å². The van der Waals surface area contributed by atoms with E-state index < -0.39 is 24.1 Å². The summed E-state index contributed by atoms with van der Waals surface area (Å²) in [6.07, 6.45) is -1.10. The molecule has 120 valence electrons. The third kappa shape index (κ3) is 4.21. The fourth-order valence-electron chi connectivity index (χ4n) is 2.46. The summed E-state index contributed by atoms with van der Waals surface area (Å²) in [5.41, 5.74) is 0.889. The molecule has 1 unspecified atom stereocenters. The topological polar surface area (TPSA) is 76.1 Å². The molecule has 1 N–H and O–H groups in total. The van der Waals surface area contributed by atoms with Gasteiger partial charge in [-0.3, -0.25) is 4.79 Å². The van der Waals surface area contributed by atoms with Crippen molar-refractivity contribution in [3.8, 4) is 0 Å². The lowest BCUT2D eigenvalue weighted by Crippen LogP contribution is -2.31. The lowest BCUT2D eigenvalue weighted by atomic mass is 10.1. The van der Waals surface area contributed by atoms with Gasteiger partial charge in [0, 0.05) is 6.54 Å². The van der Waals surface area contributed by atoms with Gasteiger partial charge in [-0.25, -0.2) is 4.79 Å². The maximum Gasteiger partial charge on any atom is 0.410 e. The Morgan fingerprint density at radius 2 is 1.95 bits per heavy atom. The highest BCUT2D eigenvalue weighted by atomic mass is 16.6. The highest BCUT2D eigenvalue weighted by Gasteiger charge is 2.41. The monoisotopic (exact) mass is 307 g/mol. The number of carboxylic acids is 1. The van der Waals surface area contributed by atoms with Crippen molar-refractivity contribution < 1.29 is 24.2 Å². The van der Waals surface area contributed by atoms with Crippen molar-refractivity contribution in [2.75, 3.05) is 13.1 Å². The molecule has 0 saturated carbocycles. The molecule has 1 saturated heterocycles. The number of benzene rings is 1. The van der Waals surface area contributed by atoms with Gasteiger partial charge in [0.25, 0.3) is 0 Å². The zero-order chi connectivity index (χ0) is 16.1. The first-order valence-corrected chi connectivity index (χ1v) is 7.31. The maximum absolute atomic E-state index is 12.1. The van der Waals surface area contributed by atoms with Crippen molar-refractivity contribution in [1.29, 1.82) is 0 Å². The number of carboxylic acid groups (broad SMARTS) is 1. The Morgan fingerprint density at radius 1 is 1.27 bits per heavy atom. The van der Waals surface area contributed by atoms with Gasteiger partial charge in [0.2, 0.25) is 0 Å². The molecule has 1 fully saturated rings. The summed E-state index contributed by atoms with van der Waals surface area (Å²) in [4.78, 5) is 24.8. The maximum atomic E-state index is 12.1. The number of carbonyl (C=O) groups is 2. The number of aliphatic carboxylic acids is 1. The summed E-state index contributed by atoms with van der Waals surface area (Å²) in [6, 6.07) is 9.35. The fourth-order valence-corrected chi connectivity index (χ4v) is 2.46. The molecule has 1 amide bonds. The van der Waals surface area contributed by atoms with Crippen LogP contribution in [0.3, 0.4) is 0 Å². The zero-order valence-electron chi connectivity index (χ0n) is 12.8. The lowest BCUT2D eigenvalue weighted by molar-refractivity contribution is -0.146. The standard InChI is InChI=1S/C16H21NO5/c1-11(2)22-14-9-17(8-13(14)15(18)19)16(20)21-10-12-6-4-3-5-7-12/h3-7,11,13-14H,8-10H2,1-2H3,(H,18,19)/t13-,14?/m0/s1. The van der Waals surface area contributed by atoms with E-state index in [1.54, 1.807) is 0 Å². The van der Waals surface area contributed by atoms with Crippen molar-refractivity contribution in [3.05, 3.63) is 35.9 Å². The Balaban J connectivity index is 1.91. The third-order valence-electron chi connectivity index (χ3n) is 3.49. The number of carbonyl (C=O) groups excluding carboxylic acids is 1. The summed E-state index contributed by atoms with van der Waals surface area (Å²) in [7, 11) is 0. The molecule has 2 atom stereocenters. The van der Waals surface area contributed by atoms with E-state index in [2.05, 4.69) is 0 Å². The molecular formula is C16H21NO5. The molecule has 2 rings (SSSR count). The molecule has 6 heteroatoms. The number of amides is 1. The molecule has 0 radical (unpaired) electrons. The van der Waals surface area contributed by atoms with Gasteiger partial charge in [0.1, 0.15) is 12.5 Å². The normalized spacial score (nSPS) is 21.1. The van der Waals surface area contributed by atoms with E-state index in [1.165, 1.54) is 4.90 Å². The minimum absolute atomic E-state index is 0.0906. The first-order chi connectivity index (χ1) is 10.5. The lowest BCUT2D eigenvalue weighted by Gasteiger charge is -2.18. The van der Waals surface area contributed by atoms with E-state index in [-0.39, 0.29) is 25.8 Å². The van der Waals surface area contributed by atoms with Crippen molar-refractivity contribution in [2.45, 2.75) is 32.7 Å². The van der Waals surface area contributed by atoms with E-state index in [9.17, 15) is 14.7 Å². The zero-order valence-corrected chi connectivity index (χ0v) is 12.8. The van der Waals surface area contributed by atoms with Crippen LogP contribution in [-0.4, -0.2) is 47.4 Å². The van der Waals surface area contributed by atoms with Crippen molar-refractivity contribution >= 4 is 12.1 Å². The van der Waals surface area contributed by atoms with Crippen LogP contribution in [0.2, 0.25) is 0 Å². The Kier molecular flexibility index (Phi) is 5.38. The number of rotatable bonds is 5. The van der Waals surface area contributed by atoms with E-state index in [0.29, 0.717) is 0 Å². The molecule has 1 aromatic carbocycles. The second kappa shape index (κ2) is 7.26. The molecular weight excluding hydrogens is 286 g/mol. The summed E-state index contributed by atoms with van der Waals surface area (Å²) in [5.74, 6) is -1.67. The van der Waals surface area contributed by atoms with Gasteiger partial charge in [0.15, 0.2) is 0 Å². The van der Waals surface area contributed by atoms with Crippen LogP contribution in [-0.2, 0) is 20.9 Å². The van der Waals surface area contributed by atoms with Gasteiger partial charge < -0.3 is 19.5 Å². The largest absolute Gasteiger partial charge is 0.481 e. The third-order valence-corrected chi connectivity index (χ3v) is 3.49. The van der Waals surface area contributed by atoms with Crippen LogP contribution in [0, 0.1) is 5.92 Å². The molecule has 0 spiro atoms. The highest BCUT2D eigenvalue weighted by molar-refractivity contribution is 5.75.